The van der Waals surface area contributed by atoms with Gasteiger partial charge in [0.2, 0.25) is 0 Å². The van der Waals surface area contributed by atoms with Gasteiger partial charge in [-0.05, 0) is 29.8 Å². The summed E-state index contributed by atoms with van der Waals surface area (Å²) in [5, 5.41) is 5.07. The van der Waals surface area contributed by atoms with Crippen LogP contribution in [0, 0.1) is 0 Å². The minimum Gasteiger partial charge on any atom is -0.292 e. The molecule has 0 saturated carbocycles. The van der Waals surface area contributed by atoms with Crippen molar-refractivity contribution in [1.82, 2.24) is 9.78 Å². The van der Waals surface area contributed by atoms with Crippen LogP contribution in [0.25, 0.3) is 0 Å². The molecule has 0 N–H and O–H groups in total. The first-order valence-electron chi connectivity index (χ1n) is 5.03. The van der Waals surface area contributed by atoms with E-state index in [0.29, 0.717) is 15.7 Å². The molecule has 0 bridgehead atoms. The van der Waals surface area contributed by atoms with Crippen molar-refractivity contribution in [3.05, 3.63) is 51.8 Å². The van der Waals surface area contributed by atoms with Crippen LogP contribution in [-0.2, 0) is 13.5 Å². The maximum atomic E-state index is 12.0. The van der Waals surface area contributed by atoms with E-state index in [-0.39, 0.29) is 12.2 Å². The zero-order valence-electron chi connectivity index (χ0n) is 9.15. The van der Waals surface area contributed by atoms with Gasteiger partial charge in [0.1, 0.15) is 5.69 Å². The molecule has 0 unspecified atom stereocenters. The van der Waals surface area contributed by atoms with Gasteiger partial charge >= 0.3 is 0 Å². The van der Waals surface area contributed by atoms with E-state index in [1.165, 1.54) is 0 Å². The maximum absolute atomic E-state index is 12.0. The summed E-state index contributed by atoms with van der Waals surface area (Å²) in [6.07, 6.45) is 1.81. The molecule has 0 atom stereocenters. The summed E-state index contributed by atoms with van der Waals surface area (Å²) >= 11 is 11.9. The normalized spacial score (nSPS) is 10.5. The number of nitrogens with zero attached hydrogens (tertiary/aromatic N) is 2. The first kappa shape index (κ1) is 12.1. The van der Waals surface area contributed by atoms with Crippen molar-refractivity contribution in [3.8, 4) is 0 Å². The van der Waals surface area contributed by atoms with E-state index in [0.717, 1.165) is 5.56 Å². The Balaban J connectivity index is 2.24. The fraction of sp³-hybridized carbons (Fsp3) is 0.167. The average Bonchev–Trinajstić information content (AvgIpc) is 2.70. The van der Waals surface area contributed by atoms with E-state index in [2.05, 4.69) is 5.10 Å². The van der Waals surface area contributed by atoms with E-state index in [4.69, 9.17) is 23.2 Å². The summed E-state index contributed by atoms with van der Waals surface area (Å²) in [5.41, 5.74) is 1.28. The van der Waals surface area contributed by atoms with Crippen molar-refractivity contribution >= 4 is 29.0 Å². The lowest BCUT2D eigenvalue weighted by Gasteiger charge is -2.04. The van der Waals surface area contributed by atoms with Gasteiger partial charge in [-0.2, -0.15) is 5.10 Å². The summed E-state index contributed by atoms with van der Waals surface area (Å²) in [6, 6.07) is 6.77. The van der Waals surface area contributed by atoms with Gasteiger partial charge < -0.3 is 0 Å². The second kappa shape index (κ2) is 4.90. The monoisotopic (exact) mass is 268 g/mol. The SMILES string of the molecule is Cn1nccc1C(=O)Cc1cc(Cl)ccc1Cl. The van der Waals surface area contributed by atoms with Gasteiger partial charge in [-0.25, -0.2) is 0 Å². The van der Waals surface area contributed by atoms with Crippen LogP contribution in [-0.4, -0.2) is 15.6 Å². The number of Topliss-reactive ketones (excluding diaryl/α,β-unsaturated/α-hetero) is 1. The predicted octanol–water partition coefficient (Wildman–Crippen LogP) is 3.15. The first-order valence-corrected chi connectivity index (χ1v) is 5.78. The zero-order chi connectivity index (χ0) is 12.4. The van der Waals surface area contributed by atoms with Gasteiger partial charge in [0, 0.05) is 29.7 Å². The molecule has 0 amide bonds. The van der Waals surface area contributed by atoms with Gasteiger partial charge in [-0.15, -0.1) is 0 Å². The predicted molar refractivity (Wildman–Crippen MR) is 67.7 cm³/mol. The van der Waals surface area contributed by atoms with Crippen LogP contribution in [0.5, 0.6) is 0 Å². The van der Waals surface area contributed by atoms with E-state index in [9.17, 15) is 4.79 Å². The van der Waals surface area contributed by atoms with Crippen molar-refractivity contribution in [2.45, 2.75) is 6.42 Å². The molecule has 0 aliphatic carbocycles. The third-order valence-corrected chi connectivity index (χ3v) is 3.07. The molecule has 1 aromatic heterocycles. The highest BCUT2D eigenvalue weighted by atomic mass is 35.5. The van der Waals surface area contributed by atoms with Gasteiger partial charge in [0.25, 0.3) is 0 Å². The quantitative estimate of drug-likeness (QED) is 0.802. The topological polar surface area (TPSA) is 34.9 Å². The molecule has 2 rings (SSSR count). The standard InChI is InChI=1S/C12H10Cl2N2O/c1-16-11(4-5-15-16)12(17)7-8-6-9(13)2-3-10(8)14/h2-6H,7H2,1H3. The molecule has 2 aromatic rings. The molecule has 5 heteroatoms. The van der Waals surface area contributed by atoms with Crippen LogP contribution >= 0.6 is 23.2 Å². The highest BCUT2D eigenvalue weighted by molar-refractivity contribution is 6.33. The molecule has 17 heavy (non-hydrogen) atoms. The number of aromatic nitrogens is 2. The number of aryl methyl sites for hydroxylation is 1. The van der Waals surface area contributed by atoms with Gasteiger partial charge in [-0.1, -0.05) is 23.2 Å². The smallest absolute Gasteiger partial charge is 0.185 e. The lowest BCUT2D eigenvalue weighted by atomic mass is 10.1. The van der Waals surface area contributed by atoms with Gasteiger partial charge in [-0.3, -0.25) is 9.48 Å². The summed E-state index contributed by atoms with van der Waals surface area (Å²) in [5.74, 6) is -0.0332. The lowest BCUT2D eigenvalue weighted by Crippen LogP contribution is -2.09. The van der Waals surface area contributed by atoms with Crippen LogP contribution in [0.4, 0.5) is 0 Å². The van der Waals surface area contributed by atoms with Crippen molar-refractivity contribution in [2.24, 2.45) is 7.05 Å². The number of benzene rings is 1. The minimum absolute atomic E-state index is 0.0332. The molecule has 0 radical (unpaired) electrons. The minimum atomic E-state index is -0.0332. The van der Waals surface area contributed by atoms with Crippen LogP contribution < -0.4 is 0 Å². The third-order valence-electron chi connectivity index (χ3n) is 2.47. The lowest BCUT2D eigenvalue weighted by molar-refractivity contribution is 0.0984. The molecule has 88 valence electrons. The third kappa shape index (κ3) is 2.68. The average molecular weight is 269 g/mol. The van der Waals surface area contributed by atoms with Crippen LogP contribution in [0.15, 0.2) is 30.5 Å². The Labute approximate surface area is 109 Å². The van der Waals surface area contributed by atoms with E-state index < -0.39 is 0 Å². The summed E-state index contributed by atoms with van der Waals surface area (Å²) in [6.45, 7) is 0. The Bertz CT molecular complexity index is 563. The summed E-state index contributed by atoms with van der Waals surface area (Å²) in [7, 11) is 1.73. The molecule has 0 fully saturated rings. The number of hydrogen-bond acceptors (Lipinski definition) is 2. The van der Waals surface area contributed by atoms with Crippen molar-refractivity contribution in [1.29, 1.82) is 0 Å². The van der Waals surface area contributed by atoms with Crippen LogP contribution in [0.3, 0.4) is 0 Å². The number of hydrogen-bond donors (Lipinski definition) is 0. The number of carbonyl (C=O) groups is 1. The van der Waals surface area contributed by atoms with E-state index in [1.807, 2.05) is 0 Å². The Morgan fingerprint density at radius 3 is 2.76 bits per heavy atom. The molecular formula is C12H10Cl2N2O. The van der Waals surface area contributed by atoms with Crippen LogP contribution in [0.1, 0.15) is 16.1 Å². The summed E-state index contributed by atoms with van der Waals surface area (Å²) < 4.78 is 1.54. The van der Waals surface area contributed by atoms with Gasteiger partial charge in [0.05, 0.1) is 0 Å². The summed E-state index contributed by atoms with van der Waals surface area (Å²) in [4.78, 5) is 12.0. The van der Waals surface area contributed by atoms with E-state index in [1.54, 1.807) is 42.2 Å². The molecule has 1 heterocycles. The van der Waals surface area contributed by atoms with Crippen molar-refractivity contribution in [3.63, 3.8) is 0 Å². The zero-order valence-corrected chi connectivity index (χ0v) is 10.7. The Kier molecular flexibility index (Phi) is 3.50. The fourth-order valence-corrected chi connectivity index (χ4v) is 1.97. The maximum Gasteiger partial charge on any atom is 0.185 e. The fourth-order valence-electron chi connectivity index (χ4n) is 1.59. The molecule has 0 aliphatic heterocycles. The molecule has 0 aliphatic rings. The molecular weight excluding hydrogens is 259 g/mol. The second-order valence-electron chi connectivity index (χ2n) is 3.68. The second-order valence-corrected chi connectivity index (χ2v) is 4.52. The number of rotatable bonds is 3. The Hall–Kier alpha value is -1.32. The Morgan fingerprint density at radius 2 is 2.12 bits per heavy atom. The highest BCUT2D eigenvalue weighted by Crippen LogP contribution is 2.22. The number of ketones is 1. The van der Waals surface area contributed by atoms with Crippen molar-refractivity contribution in [2.75, 3.05) is 0 Å². The first-order chi connectivity index (χ1) is 8.08. The molecule has 1 aromatic carbocycles. The number of halogens is 2. The van der Waals surface area contributed by atoms with Crippen molar-refractivity contribution < 1.29 is 4.79 Å². The van der Waals surface area contributed by atoms with Gasteiger partial charge in [0.15, 0.2) is 5.78 Å². The van der Waals surface area contributed by atoms with E-state index >= 15 is 0 Å². The van der Waals surface area contributed by atoms with Crippen LogP contribution in [0.2, 0.25) is 10.0 Å². The largest absolute Gasteiger partial charge is 0.292 e. The highest BCUT2D eigenvalue weighted by Gasteiger charge is 2.13. The number of carbonyl (C=O) groups excluding carboxylic acids is 1. The molecule has 0 spiro atoms. The molecule has 3 nitrogen and oxygen atoms in total. The Morgan fingerprint density at radius 1 is 1.35 bits per heavy atom. The molecule has 0 saturated heterocycles.